The smallest absolute Gasteiger partial charge is 0.160 e. The van der Waals surface area contributed by atoms with Gasteiger partial charge in [0.2, 0.25) is 0 Å². The molecule has 0 radical (unpaired) electrons. The Hall–Kier alpha value is -7.56. The van der Waals surface area contributed by atoms with Gasteiger partial charge in [0.25, 0.3) is 0 Å². The van der Waals surface area contributed by atoms with E-state index in [4.69, 9.17) is 9.97 Å². The van der Waals surface area contributed by atoms with Gasteiger partial charge in [0.05, 0.1) is 11.4 Å². The van der Waals surface area contributed by atoms with Crippen molar-refractivity contribution in [2.75, 3.05) is 0 Å². The first-order valence-corrected chi connectivity index (χ1v) is 18.8. The van der Waals surface area contributed by atoms with Crippen LogP contribution in [0.1, 0.15) is 0 Å². The Balaban J connectivity index is 1.09. The average molecular weight is 713 g/mol. The number of aromatic nitrogens is 4. The standard InChI is InChI=1S/C52H32N4/c1-2-8-34(9-3-1)43-20-16-35-19-23-46-44(21-17-36-18-22-45(43)50(35)51(36)46)38-12-7-14-40(29-38)52-55-48(39-13-6-11-37(28-39)33-24-26-53-27-25-33)30-49(56-52)47-32-54-31-41-10-4-5-15-42(41)47/h1-32H. The van der Waals surface area contributed by atoms with Crippen LogP contribution in [0.25, 0.3) is 110 Å². The summed E-state index contributed by atoms with van der Waals surface area (Å²) in [7, 11) is 0. The summed E-state index contributed by atoms with van der Waals surface area (Å²) < 4.78 is 0. The van der Waals surface area contributed by atoms with Crippen LogP contribution in [-0.4, -0.2) is 19.9 Å². The summed E-state index contributed by atoms with van der Waals surface area (Å²) in [5.41, 5.74) is 11.6. The highest BCUT2D eigenvalue weighted by atomic mass is 14.9. The summed E-state index contributed by atoms with van der Waals surface area (Å²) in [6, 6.07) is 60.5. The molecule has 3 heterocycles. The van der Waals surface area contributed by atoms with Crippen molar-refractivity contribution >= 4 is 43.1 Å². The Morgan fingerprint density at radius 2 is 0.911 bits per heavy atom. The Labute approximate surface area is 323 Å². The largest absolute Gasteiger partial charge is 0.265 e. The highest BCUT2D eigenvalue weighted by molar-refractivity contribution is 6.27. The molecule has 0 amide bonds. The summed E-state index contributed by atoms with van der Waals surface area (Å²) in [6.07, 6.45) is 7.47. The summed E-state index contributed by atoms with van der Waals surface area (Å²) >= 11 is 0. The molecule has 4 nitrogen and oxygen atoms in total. The van der Waals surface area contributed by atoms with Gasteiger partial charge in [-0.05, 0) is 101 Å². The minimum Gasteiger partial charge on any atom is -0.265 e. The van der Waals surface area contributed by atoms with Gasteiger partial charge in [-0.1, -0.05) is 140 Å². The van der Waals surface area contributed by atoms with Crippen LogP contribution < -0.4 is 0 Å². The van der Waals surface area contributed by atoms with Crippen molar-refractivity contribution in [1.29, 1.82) is 0 Å². The first-order valence-electron chi connectivity index (χ1n) is 18.8. The molecule has 8 aromatic carbocycles. The second-order valence-corrected chi connectivity index (χ2v) is 14.3. The van der Waals surface area contributed by atoms with Gasteiger partial charge in [0, 0.05) is 46.9 Å². The monoisotopic (exact) mass is 712 g/mol. The van der Waals surface area contributed by atoms with E-state index in [0.29, 0.717) is 5.82 Å². The molecule has 0 unspecified atom stereocenters. The fourth-order valence-electron chi connectivity index (χ4n) is 8.33. The molecule has 0 bridgehead atoms. The predicted octanol–water partition coefficient (Wildman–Crippen LogP) is 13.3. The zero-order valence-corrected chi connectivity index (χ0v) is 30.3. The van der Waals surface area contributed by atoms with Gasteiger partial charge < -0.3 is 0 Å². The Kier molecular flexibility index (Phi) is 7.46. The molecule has 0 saturated heterocycles. The molecule has 0 aliphatic rings. The maximum Gasteiger partial charge on any atom is 0.160 e. The minimum absolute atomic E-state index is 0.659. The minimum atomic E-state index is 0.659. The zero-order valence-electron chi connectivity index (χ0n) is 30.3. The number of fused-ring (bicyclic) bond motifs is 1. The summed E-state index contributed by atoms with van der Waals surface area (Å²) in [5, 5.41) is 9.75. The molecule has 0 fully saturated rings. The summed E-state index contributed by atoms with van der Waals surface area (Å²) in [4.78, 5) is 19.4. The van der Waals surface area contributed by atoms with Crippen LogP contribution in [0.15, 0.2) is 195 Å². The van der Waals surface area contributed by atoms with E-state index < -0.39 is 0 Å². The fourth-order valence-corrected chi connectivity index (χ4v) is 8.33. The normalized spacial score (nSPS) is 11.6. The molecular weight excluding hydrogens is 681 g/mol. The molecule has 0 aliphatic carbocycles. The summed E-state index contributed by atoms with van der Waals surface area (Å²) in [6.45, 7) is 0. The van der Waals surface area contributed by atoms with E-state index >= 15 is 0 Å². The van der Waals surface area contributed by atoms with Crippen LogP contribution in [0, 0.1) is 0 Å². The first kappa shape index (κ1) is 31.9. The van der Waals surface area contributed by atoms with Crippen LogP contribution >= 0.6 is 0 Å². The van der Waals surface area contributed by atoms with Crippen molar-refractivity contribution in [2.45, 2.75) is 0 Å². The lowest BCUT2D eigenvalue weighted by Gasteiger charge is -2.17. The van der Waals surface area contributed by atoms with Crippen molar-refractivity contribution in [3.8, 4) is 67.3 Å². The van der Waals surface area contributed by atoms with Crippen molar-refractivity contribution in [1.82, 2.24) is 19.9 Å². The van der Waals surface area contributed by atoms with Crippen molar-refractivity contribution in [3.63, 3.8) is 0 Å². The number of rotatable bonds is 6. The molecule has 0 N–H and O–H groups in total. The number of hydrogen-bond donors (Lipinski definition) is 0. The zero-order chi connectivity index (χ0) is 37.0. The predicted molar refractivity (Wildman–Crippen MR) is 231 cm³/mol. The van der Waals surface area contributed by atoms with Gasteiger partial charge in [-0.3, -0.25) is 9.97 Å². The van der Waals surface area contributed by atoms with Gasteiger partial charge in [-0.15, -0.1) is 0 Å². The second-order valence-electron chi connectivity index (χ2n) is 14.3. The van der Waals surface area contributed by atoms with E-state index in [9.17, 15) is 0 Å². The lowest BCUT2D eigenvalue weighted by Crippen LogP contribution is -1.97. The number of benzene rings is 8. The molecule has 11 aromatic rings. The molecule has 3 aromatic heterocycles. The lowest BCUT2D eigenvalue weighted by molar-refractivity contribution is 1.18. The maximum absolute atomic E-state index is 5.27. The molecule has 11 rings (SSSR count). The van der Waals surface area contributed by atoms with Crippen LogP contribution in [0.4, 0.5) is 0 Å². The highest BCUT2D eigenvalue weighted by Crippen LogP contribution is 2.43. The van der Waals surface area contributed by atoms with Crippen LogP contribution in [0.3, 0.4) is 0 Å². The second kappa shape index (κ2) is 13.1. The van der Waals surface area contributed by atoms with Crippen LogP contribution in [0.5, 0.6) is 0 Å². The molecule has 260 valence electrons. The topological polar surface area (TPSA) is 51.6 Å². The maximum atomic E-state index is 5.27. The Morgan fingerprint density at radius 3 is 1.70 bits per heavy atom. The number of hydrogen-bond acceptors (Lipinski definition) is 4. The third-order valence-electron chi connectivity index (χ3n) is 11.0. The Bertz CT molecular complexity index is 3240. The lowest BCUT2D eigenvalue weighted by atomic mass is 9.87. The molecule has 0 atom stereocenters. The van der Waals surface area contributed by atoms with E-state index in [2.05, 4.69) is 162 Å². The van der Waals surface area contributed by atoms with Gasteiger partial charge in [-0.2, -0.15) is 0 Å². The van der Waals surface area contributed by atoms with Crippen LogP contribution in [-0.2, 0) is 0 Å². The quantitative estimate of drug-likeness (QED) is 0.161. The number of pyridine rings is 2. The van der Waals surface area contributed by atoms with Gasteiger partial charge in [0.1, 0.15) is 0 Å². The van der Waals surface area contributed by atoms with Crippen molar-refractivity contribution in [3.05, 3.63) is 195 Å². The van der Waals surface area contributed by atoms with Gasteiger partial charge >= 0.3 is 0 Å². The molecule has 4 heteroatoms. The van der Waals surface area contributed by atoms with E-state index in [-0.39, 0.29) is 0 Å². The van der Waals surface area contributed by atoms with Gasteiger partial charge in [0.15, 0.2) is 5.82 Å². The van der Waals surface area contributed by atoms with Gasteiger partial charge in [-0.25, -0.2) is 9.97 Å². The third kappa shape index (κ3) is 5.39. The molecule has 0 aliphatic heterocycles. The van der Waals surface area contributed by atoms with E-state index in [0.717, 1.165) is 55.5 Å². The van der Waals surface area contributed by atoms with E-state index in [1.165, 1.54) is 49.0 Å². The SMILES string of the molecule is c1ccc(-c2ccc3ccc4c(-c5cccc(-c6nc(-c7cccc(-c8ccncc8)c7)cc(-c7cncc8ccccc78)n6)c5)ccc5ccc2c3c54)cc1. The average Bonchev–Trinajstić information content (AvgIpc) is 3.28. The van der Waals surface area contributed by atoms with Crippen molar-refractivity contribution < 1.29 is 0 Å². The fraction of sp³-hybridized carbons (Fsp3) is 0. The molecule has 0 spiro atoms. The molecule has 0 saturated carbocycles. The highest BCUT2D eigenvalue weighted by Gasteiger charge is 2.17. The first-order chi connectivity index (χ1) is 27.7. The third-order valence-corrected chi connectivity index (χ3v) is 11.0. The number of nitrogens with zero attached hydrogens (tertiary/aromatic N) is 4. The van der Waals surface area contributed by atoms with Crippen molar-refractivity contribution in [2.24, 2.45) is 0 Å². The Morgan fingerprint density at radius 1 is 0.304 bits per heavy atom. The van der Waals surface area contributed by atoms with E-state index in [1.54, 1.807) is 0 Å². The molecular formula is C52H32N4. The summed E-state index contributed by atoms with van der Waals surface area (Å²) in [5.74, 6) is 0.659. The molecule has 56 heavy (non-hydrogen) atoms. The van der Waals surface area contributed by atoms with E-state index in [1.807, 2.05) is 43.0 Å². The van der Waals surface area contributed by atoms with Crippen LogP contribution in [0.2, 0.25) is 0 Å².